The fourth-order valence-electron chi connectivity index (χ4n) is 1.70. The van der Waals surface area contributed by atoms with Crippen LogP contribution in [0, 0.1) is 0 Å². The van der Waals surface area contributed by atoms with Crippen LogP contribution in [0.25, 0.3) is 0 Å². The Hall–Kier alpha value is -1.02. The SMILES string of the molecule is CN1C(=O)C(C)(Cl)c2ccccc21. The lowest BCUT2D eigenvalue weighted by atomic mass is 10.0. The summed E-state index contributed by atoms with van der Waals surface area (Å²) in [5.74, 6) is -0.0598. The lowest BCUT2D eigenvalue weighted by Crippen LogP contribution is -2.31. The van der Waals surface area contributed by atoms with E-state index in [-0.39, 0.29) is 5.91 Å². The van der Waals surface area contributed by atoms with Crippen molar-refractivity contribution in [2.45, 2.75) is 11.8 Å². The van der Waals surface area contributed by atoms with Crippen molar-refractivity contribution in [2.75, 3.05) is 11.9 Å². The first-order valence-electron chi connectivity index (χ1n) is 4.11. The molecule has 1 aliphatic heterocycles. The molecule has 0 spiro atoms. The molecule has 1 aliphatic rings. The predicted molar refractivity (Wildman–Crippen MR) is 53.1 cm³/mol. The number of fused-ring (bicyclic) bond motifs is 1. The monoisotopic (exact) mass is 195 g/mol. The highest BCUT2D eigenvalue weighted by Gasteiger charge is 2.44. The molecule has 3 heteroatoms. The molecule has 1 aromatic carbocycles. The Morgan fingerprint density at radius 3 is 2.62 bits per heavy atom. The fourth-order valence-corrected chi connectivity index (χ4v) is 1.99. The molecule has 1 heterocycles. The minimum Gasteiger partial charge on any atom is -0.313 e. The van der Waals surface area contributed by atoms with Crippen molar-refractivity contribution < 1.29 is 4.79 Å². The van der Waals surface area contributed by atoms with Gasteiger partial charge >= 0.3 is 0 Å². The van der Waals surface area contributed by atoms with Crippen molar-refractivity contribution in [3.05, 3.63) is 29.8 Å². The predicted octanol–water partition coefficient (Wildman–Crippen LogP) is 2.12. The standard InChI is InChI=1S/C10H10ClNO/c1-10(11)7-5-3-4-6-8(7)12(2)9(10)13/h3-6H,1-2H3. The molecule has 0 N–H and O–H groups in total. The summed E-state index contributed by atoms with van der Waals surface area (Å²) in [6, 6.07) is 7.59. The van der Waals surface area contributed by atoms with Gasteiger partial charge in [0.1, 0.15) is 4.87 Å². The van der Waals surface area contributed by atoms with Crippen molar-refractivity contribution in [3.8, 4) is 0 Å². The van der Waals surface area contributed by atoms with E-state index in [1.807, 2.05) is 24.3 Å². The Morgan fingerprint density at radius 1 is 1.38 bits per heavy atom. The van der Waals surface area contributed by atoms with Crippen molar-refractivity contribution in [3.63, 3.8) is 0 Å². The second-order valence-corrected chi connectivity index (χ2v) is 4.14. The molecule has 68 valence electrons. The number of para-hydroxylation sites is 1. The summed E-state index contributed by atoms with van der Waals surface area (Å²) in [4.78, 5) is 12.4. The van der Waals surface area contributed by atoms with E-state index in [4.69, 9.17) is 11.6 Å². The number of hydrogen-bond acceptors (Lipinski definition) is 1. The van der Waals surface area contributed by atoms with Gasteiger partial charge in [-0.3, -0.25) is 4.79 Å². The van der Waals surface area contributed by atoms with Gasteiger partial charge in [-0.1, -0.05) is 18.2 Å². The minimum atomic E-state index is -0.884. The second-order valence-electron chi connectivity index (χ2n) is 3.38. The highest BCUT2D eigenvalue weighted by Crippen LogP contribution is 2.43. The lowest BCUT2D eigenvalue weighted by Gasteiger charge is -2.13. The van der Waals surface area contributed by atoms with E-state index >= 15 is 0 Å². The van der Waals surface area contributed by atoms with Crippen LogP contribution in [0.15, 0.2) is 24.3 Å². The van der Waals surface area contributed by atoms with E-state index in [0.29, 0.717) is 0 Å². The summed E-state index contributed by atoms with van der Waals surface area (Å²) in [6.07, 6.45) is 0. The van der Waals surface area contributed by atoms with Crippen molar-refractivity contribution in [2.24, 2.45) is 0 Å². The van der Waals surface area contributed by atoms with Crippen molar-refractivity contribution >= 4 is 23.2 Å². The van der Waals surface area contributed by atoms with Gasteiger partial charge in [0.2, 0.25) is 0 Å². The van der Waals surface area contributed by atoms with Gasteiger partial charge in [0.15, 0.2) is 0 Å². The van der Waals surface area contributed by atoms with Gasteiger partial charge < -0.3 is 4.90 Å². The zero-order valence-electron chi connectivity index (χ0n) is 7.54. The van der Waals surface area contributed by atoms with Crippen LogP contribution in [0.4, 0.5) is 5.69 Å². The molecule has 1 aromatic rings. The van der Waals surface area contributed by atoms with Gasteiger partial charge in [-0.05, 0) is 13.0 Å². The van der Waals surface area contributed by atoms with Crippen molar-refractivity contribution in [1.82, 2.24) is 0 Å². The molecule has 13 heavy (non-hydrogen) atoms. The highest BCUT2D eigenvalue weighted by atomic mass is 35.5. The van der Waals surface area contributed by atoms with Gasteiger partial charge in [0, 0.05) is 18.3 Å². The third kappa shape index (κ3) is 0.985. The average molecular weight is 196 g/mol. The third-order valence-electron chi connectivity index (χ3n) is 2.48. The summed E-state index contributed by atoms with van der Waals surface area (Å²) >= 11 is 6.15. The maximum atomic E-state index is 11.7. The molecular formula is C10H10ClNO. The zero-order chi connectivity index (χ0) is 9.64. The van der Waals surface area contributed by atoms with Crippen LogP contribution in [0.2, 0.25) is 0 Å². The summed E-state index contributed by atoms with van der Waals surface area (Å²) < 4.78 is 0. The molecule has 0 aromatic heterocycles. The largest absolute Gasteiger partial charge is 0.313 e. The van der Waals surface area contributed by atoms with Gasteiger partial charge in [0.05, 0.1) is 0 Å². The molecule has 0 aliphatic carbocycles. The van der Waals surface area contributed by atoms with Crippen LogP contribution in [-0.2, 0) is 9.67 Å². The van der Waals surface area contributed by atoms with Gasteiger partial charge in [-0.15, -0.1) is 11.6 Å². The fraction of sp³-hybridized carbons (Fsp3) is 0.300. The Morgan fingerprint density at radius 2 is 2.00 bits per heavy atom. The van der Waals surface area contributed by atoms with Crippen LogP contribution in [0.5, 0.6) is 0 Å². The molecule has 0 saturated carbocycles. The number of alkyl halides is 1. The Bertz CT molecular complexity index is 373. The minimum absolute atomic E-state index is 0.0598. The summed E-state index contributed by atoms with van der Waals surface area (Å²) in [7, 11) is 1.74. The van der Waals surface area contributed by atoms with E-state index in [0.717, 1.165) is 11.3 Å². The molecule has 0 bridgehead atoms. The molecule has 2 nitrogen and oxygen atoms in total. The number of benzene rings is 1. The number of halogens is 1. The smallest absolute Gasteiger partial charge is 0.252 e. The Balaban J connectivity index is 2.68. The van der Waals surface area contributed by atoms with Crippen LogP contribution in [0.1, 0.15) is 12.5 Å². The topological polar surface area (TPSA) is 20.3 Å². The lowest BCUT2D eigenvalue weighted by molar-refractivity contribution is -0.119. The maximum Gasteiger partial charge on any atom is 0.252 e. The number of carbonyl (C=O) groups excluding carboxylic acids is 1. The molecule has 0 radical (unpaired) electrons. The second kappa shape index (κ2) is 2.48. The number of anilines is 1. The highest BCUT2D eigenvalue weighted by molar-refractivity contribution is 6.39. The van der Waals surface area contributed by atoms with E-state index in [1.165, 1.54) is 0 Å². The molecule has 2 rings (SSSR count). The molecule has 0 saturated heterocycles. The van der Waals surface area contributed by atoms with Crippen LogP contribution < -0.4 is 4.90 Å². The molecule has 1 amide bonds. The van der Waals surface area contributed by atoms with Gasteiger partial charge in [-0.25, -0.2) is 0 Å². The maximum absolute atomic E-state index is 11.7. The first-order chi connectivity index (χ1) is 6.05. The van der Waals surface area contributed by atoms with Gasteiger partial charge in [0.25, 0.3) is 5.91 Å². The first-order valence-corrected chi connectivity index (χ1v) is 4.49. The van der Waals surface area contributed by atoms with Crippen LogP contribution >= 0.6 is 11.6 Å². The zero-order valence-corrected chi connectivity index (χ0v) is 8.30. The number of likely N-dealkylation sites (N-methyl/N-ethyl adjacent to an activating group) is 1. The molecule has 1 unspecified atom stereocenters. The number of amides is 1. The third-order valence-corrected chi connectivity index (χ3v) is 2.84. The molecule has 0 fully saturated rings. The quantitative estimate of drug-likeness (QED) is 0.581. The summed E-state index contributed by atoms with van der Waals surface area (Å²) in [6.45, 7) is 1.74. The number of carbonyl (C=O) groups is 1. The average Bonchev–Trinajstić information content (AvgIpc) is 2.30. The Kier molecular flexibility index (Phi) is 1.64. The normalized spacial score (nSPS) is 26.4. The Labute approximate surface area is 82.1 Å². The van der Waals surface area contributed by atoms with Crippen LogP contribution in [0.3, 0.4) is 0 Å². The van der Waals surface area contributed by atoms with E-state index in [1.54, 1.807) is 18.9 Å². The number of rotatable bonds is 0. The van der Waals surface area contributed by atoms with Crippen molar-refractivity contribution in [1.29, 1.82) is 0 Å². The van der Waals surface area contributed by atoms with E-state index in [9.17, 15) is 4.79 Å². The van der Waals surface area contributed by atoms with E-state index < -0.39 is 4.87 Å². The molecular weight excluding hydrogens is 186 g/mol. The van der Waals surface area contributed by atoms with Crippen LogP contribution in [-0.4, -0.2) is 13.0 Å². The van der Waals surface area contributed by atoms with Gasteiger partial charge in [-0.2, -0.15) is 0 Å². The first kappa shape index (κ1) is 8.57. The molecule has 1 atom stereocenters. The number of nitrogens with zero attached hydrogens (tertiary/aromatic N) is 1. The number of hydrogen-bond donors (Lipinski definition) is 0. The summed E-state index contributed by atoms with van der Waals surface area (Å²) in [5.41, 5.74) is 1.80. The summed E-state index contributed by atoms with van der Waals surface area (Å²) in [5, 5.41) is 0. The van der Waals surface area contributed by atoms with E-state index in [2.05, 4.69) is 0 Å².